The number of nitrogens with one attached hydrogen (secondary N) is 1. The molecule has 5 heteroatoms. The molecule has 1 fully saturated rings. The Kier molecular flexibility index (Phi) is 3.05. The molecule has 1 aromatic rings. The second kappa shape index (κ2) is 4.49. The minimum absolute atomic E-state index is 0.137. The van der Waals surface area contributed by atoms with Crippen LogP contribution in [-0.4, -0.2) is 23.1 Å². The molecule has 5 nitrogen and oxygen atoms in total. The fourth-order valence-corrected chi connectivity index (χ4v) is 1.68. The molecule has 1 aliphatic rings. The lowest BCUT2D eigenvalue weighted by Crippen LogP contribution is -2.28. The molecule has 2 atom stereocenters. The summed E-state index contributed by atoms with van der Waals surface area (Å²) in [6, 6.07) is 3.37. The molecule has 3 N–H and O–H groups in total. The van der Waals surface area contributed by atoms with Crippen molar-refractivity contribution in [3.05, 3.63) is 18.3 Å². The fourth-order valence-electron chi connectivity index (χ4n) is 1.68. The maximum atomic E-state index is 11.7. The van der Waals surface area contributed by atoms with E-state index >= 15 is 0 Å². The van der Waals surface area contributed by atoms with E-state index in [1.165, 1.54) is 6.20 Å². The highest BCUT2D eigenvalue weighted by atomic mass is 16.5. The molecule has 0 bridgehead atoms. The summed E-state index contributed by atoms with van der Waals surface area (Å²) in [7, 11) is 0. The van der Waals surface area contributed by atoms with Gasteiger partial charge in [-0.2, -0.15) is 0 Å². The zero-order valence-corrected chi connectivity index (χ0v) is 9.14. The molecule has 1 aliphatic heterocycles. The van der Waals surface area contributed by atoms with Crippen LogP contribution in [0.5, 0.6) is 0 Å². The highest BCUT2D eigenvalue weighted by Gasteiger charge is 2.28. The number of aromatic nitrogens is 1. The van der Waals surface area contributed by atoms with Gasteiger partial charge in [0.15, 0.2) is 0 Å². The van der Waals surface area contributed by atoms with Gasteiger partial charge in [-0.05, 0) is 31.9 Å². The van der Waals surface area contributed by atoms with E-state index in [0.717, 1.165) is 12.8 Å². The molecule has 0 aliphatic carbocycles. The number of carbonyl (C=O) groups excluding carboxylic acids is 1. The third-order valence-electron chi connectivity index (χ3n) is 2.56. The van der Waals surface area contributed by atoms with E-state index in [2.05, 4.69) is 10.3 Å². The number of nitrogen functional groups attached to an aromatic ring is 1. The molecule has 2 unspecified atom stereocenters. The molecule has 1 aromatic heterocycles. The molecule has 0 radical (unpaired) electrons. The van der Waals surface area contributed by atoms with Crippen molar-refractivity contribution in [2.24, 2.45) is 0 Å². The van der Waals surface area contributed by atoms with E-state index in [-0.39, 0.29) is 18.1 Å². The quantitative estimate of drug-likeness (QED) is 0.785. The third-order valence-corrected chi connectivity index (χ3v) is 2.56. The molecule has 1 saturated heterocycles. The van der Waals surface area contributed by atoms with Gasteiger partial charge in [-0.3, -0.25) is 4.79 Å². The Morgan fingerprint density at radius 2 is 2.38 bits per heavy atom. The molecule has 86 valence electrons. The predicted octanol–water partition coefficient (Wildman–Crippen LogP) is 1.17. The first-order chi connectivity index (χ1) is 7.65. The Morgan fingerprint density at radius 3 is 2.94 bits per heavy atom. The van der Waals surface area contributed by atoms with Gasteiger partial charge in [0.25, 0.3) is 5.91 Å². The van der Waals surface area contributed by atoms with Crippen LogP contribution in [-0.2, 0) is 9.53 Å². The van der Waals surface area contributed by atoms with Gasteiger partial charge < -0.3 is 15.8 Å². The van der Waals surface area contributed by atoms with Crippen LogP contribution >= 0.6 is 0 Å². The van der Waals surface area contributed by atoms with Crippen molar-refractivity contribution in [1.29, 1.82) is 0 Å². The van der Waals surface area contributed by atoms with Gasteiger partial charge in [0.2, 0.25) is 0 Å². The van der Waals surface area contributed by atoms with Crippen LogP contribution in [0.25, 0.3) is 0 Å². The first-order valence-electron chi connectivity index (χ1n) is 5.33. The van der Waals surface area contributed by atoms with Crippen molar-refractivity contribution in [2.75, 3.05) is 11.1 Å². The van der Waals surface area contributed by atoms with Crippen molar-refractivity contribution >= 4 is 17.4 Å². The van der Waals surface area contributed by atoms with Crippen molar-refractivity contribution in [3.8, 4) is 0 Å². The summed E-state index contributed by atoms with van der Waals surface area (Å²) in [6.07, 6.45) is 3.01. The lowest BCUT2D eigenvalue weighted by atomic mass is 10.2. The molecule has 16 heavy (non-hydrogen) atoms. The first-order valence-corrected chi connectivity index (χ1v) is 5.33. The standard InChI is InChI=1S/C11H15N3O2/c1-7-2-4-9(16-7)11(15)14-10-5-3-8(12)6-13-10/h3,5-7,9H,2,4,12H2,1H3,(H,13,14,15). The molecule has 2 heterocycles. The lowest BCUT2D eigenvalue weighted by Gasteiger charge is -2.11. The summed E-state index contributed by atoms with van der Waals surface area (Å²) >= 11 is 0. The first kappa shape index (κ1) is 10.9. The Hall–Kier alpha value is -1.62. The summed E-state index contributed by atoms with van der Waals surface area (Å²) in [6.45, 7) is 1.97. The predicted molar refractivity (Wildman–Crippen MR) is 60.8 cm³/mol. The minimum Gasteiger partial charge on any atom is -0.397 e. The van der Waals surface area contributed by atoms with E-state index in [4.69, 9.17) is 10.5 Å². The van der Waals surface area contributed by atoms with Crippen LogP contribution in [0.3, 0.4) is 0 Å². The summed E-state index contributed by atoms with van der Waals surface area (Å²) < 4.78 is 5.45. The van der Waals surface area contributed by atoms with Crippen molar-refractivity contribution in [3.63, 3.8) is 0 Å². The lowest BCUT2D eigenvalue weighted by molar-refractivity contribution is -0.126. The number of pyridine rings is 1. The molecule has 0 saturated carbocycles. The number of hydrogen-bond acceptors (Lipinski definition) is 4. The second-order valence-corrected chi connectivity index (χ2v) is 3.98. The maximum Gasteiger partial charge on any atom is 0.254 e. The van der Waals surface area contributed by atoms with E-state index in [9.17, 15) is 4.79 Å². The fraction of sp³-hybridized carbons (Fsp3) is 0.455. The summed E-state index contributed by atoms with van der Waals surface area (Å²) in [5.74, 6) is 0.365. The molecular formula is C11H15N3O2. The molecule has 0 spiro atoms. The van der Waals surface area contributed by atoms with Gasteiger partial charge in [0.05, 0.1) is 18.0 Å². The zero-order chi connectivity index (χ0) is 11.5. The van der Waals surface area contributed by atoms with Gasteiger partial charge in [0, 0.05) is 0 Å². The van der Waals surface area contributed by atoms with Crippen LogP contribution in [0.1, 0.15) is 19.8 Å². The highest BCUT2D eigenvalue weighted by molar-refractivity contribution is 5.93. The average molecular weight is 221 g/mol. The SMILES string of the molecule is CC1CCC(C(=O)Nc2ccc(N)cn2)O1. The average Bonchev–Trinajstić information content (AvgIpc) is 2.68. The van der Waals surface area contributed by atoms with Crippen LogP contribution in [0, 0.1) is 0 Å². The summed E-state index contributed by atoms with van der Waals surface area (Å²) in [5, 5.41) is 2.70. The van der Waals surface area contributed by atoms with Crippen LogP contribution in [0.2, 0.25) is 0 Å². The van der Waals surface area contributed by atoms with Gasteiger partial charge in [-0.25, -0.2) is 4.98 Å². The number of rotatable bonds is 2. The van der Waals surface area contributed by atoms with Crippen molar-refractivity contribution in [2.45, 2.75) is 32.0 Å². The number of nitrogens with two attached hydrogens (primary N) is 1. The number of carbonyl (C=O) groups is 1. The Balaban J connectivity index is 1.94. The van der Waals surface area contributed by atoms with Gasteiger partial charge in [-0.15, -0.1) is 0 Å². The van der Waals surface area contributed by atoms with Crippen molar-refractivity contribution < 1.29 is 9.53 Å². The molecular weight excluding hydrogens is 206 g/mol. The third kappa shape index (κ3) is 2.49. The number of anilines is 2. The summed E-state index contributed by atoms with van der Waals surface area (Å²) in [4.78, 5) is 15.7. The van der Waals surface area contributed by atoms with Gasteiger partial charge in [-0.1, -0.05) is 0 Å². The van der Waals surface area contributed by atoms with Crippen LogP contribution < -0.4 is 11.1 Å². The minimum atomic E-state index is -0.352. The molecule has 0 aromatic carbocycles. The smallest absolute Gasteiger partial charge is 0.254 e. The maximum absolute atomic E-state index is 11.7. The van der Waals surface area contributed by atoms with E-state index in [1.807, 2.05) is 6.92 Å². The Morgan fingerprint density at radius 1 is 1.56 bits per heavy atom. The Bertz CT molecular complexity index is 377. The van der Waals surface area contributed by atoms with Crippen LogP contribution in [0.15, 0.2) is 18.3 Å². The Labute approximate surface area is 94.0 Å². The number of hydrogen-bond donors (Lipinski definition) is 2. The van der Waals surface area contributed by atoms with Gasteiger partial charge in [0.1, 0.15) is 11.9 Å². The van der Waals surface area contributed by atoms with Gasteiger partial charge >= 0.3 is 0 Å². The van der Waals surface area contributed by atoms with E-state index < -0.39 is 0 Å². The molecule has 1 amide bonds. The van der Waals surface area contributed by atoms with E-state index in [1.54, 1.807) is 12.1 Å². The number of amides is 1. The normalized spacial score (nSPS) is 24.3. The number of ether oxygens (including phenoxy) is 1. The zero-order valence-electron chi connectivity index (χ0n) is 9.14. The van der Waals surface area contributed by atoms with Crippen LogP contribution in [0.4, 0.5) is 11.5 Å². The number of nitrogens with zero attached hydrogens (tertiary/aromatic N) is 1. The molecule has 2 rings (SSSR count). The van der Waals surface area contributed by atoms with E-state index in [0.29, 0.717) is 11.5 Å². The van der Waals surface area contributed by atoms with Crippen molar-refractivity contribution in [1.82, 2.24) is 4.98 Å². The summed E-state index contributed by atoms with van der Waals surface area (Å²) in [5.41, 5.74) is 6.07. The highest BCUT2D eigenvalue weighted by Crippen LogP contribution is 2.20. The monoisotopic (exact) mass is 221 g/mol. The largest absolute Gasteiger partial charge is 0.397 e. The topological polar surface area (TPSA) is 77.2 Å². The second-order valence-electron chi connectivity index (χ2n) is 3.98.